The van der Waals surface area contributed by atoms with Crippen LogP contribution in [0, 0.1) is 5.82 Å². The molecule has 0 bridgehead atoms. The molecule has 0 amide bonds. The van der Waals surface area contributed by atoms with E-state index in [1.165, 1.54) is 6.07 Å². The zero-order chi connectivity index (χ0) is 26.2. The zero-order valence-electron chi connectivity index (χ0n) is 20.0. The van der Waals surface area contributed by atoms with E-state index in [2.05, 4.69) is 13.8 Å². The van der Waals surface area contributed by atoms with Gasteiger partial charge < -0.3 is 0 Å². The van der Waals surface area contributed by atoms with Crippen molar-refractivity contribution in [1.82, 2.24) is 0 Å². The maximum Gasteiger partial charge on any atom is 0.128 e. The van der Waals surface area contributed by atoms with E-state index in [0.29, 0.717) is 42.0 Å². The summed E-state index contributed by atoms with van der Waals surface area (Å²) in [7, 11) is 0. The van der Waals surface area contributed by atoms with E-state index in [1.54, 1.807) is 24.3 Å². The number of benzene rings is 3. The summed E-state index contributed by atoms with van der Waals surface area (Å²) in [5.74, 6) is 0.773. The van der Waals surface area contributed by atoms with Crippen molar-refractivity contribution in [2.45, 2.75) is 59.3 Å². The first-order chi connectivity index (χ1) is 15.8. The van der Waals surface area contributed by atoms with Gasteiger partial charge in [0.2, 0.25) is 0 Å². The molecule has 0 fully saturated rings. The van der Waals surface area contributed by atoms with Gasteiger partial charge in [0.1, 0.15) is 5.82 Å². The molecule has 0 atom stereocenters. The lowest BCUT2D eigenvalue weighted by Gasteiger charge is -2.09. The Morgan fingerprint density at radius 2 is 1.06 bits per heavy atom. The first-order valence-electron chi connectivity index (χ1n) is 10.8. The normalized spacial score (nSPS) is 10.7. The van der Waals surface area contributed by atoms with Gasteiger partial charge in [-0.3, -0.25) is 0 Å². The number of hydrogen-bond acceptors (Lipinski definition) is 0. The van der Waals surface area contributed by atoms with Crippen LogP contribution in [0.5, 0.6) is 0 Å². The highest BCUT2D eigenvalue weighted by molar-refractivity contribution is 6.44. The fourth-order valence-electron chi connectivity index (χ4n) is 2.93. The van der Waals surface area contributed by atoms with Crippen LogP contribution in [0.2, 0.25) is 30.1 Å². The van der Waals surface area contributed by atoms with E-state index >= 15 is 0 Å². The zero-order valence-corrected chi connectivity index (χ0v) is 24.5. The lowest BCUT2D eigenvalue weighted by molar-refractivity contribution is 0.598. The van der Waals surface area contributed by atoms with Crippen LogP contribution in [0.3, 0.4) is 0 Å². The molecule has 0 spiro atoms. The van der Waals surface area contributed by atoms with Gasteiger partial charge in [-0.25, -0.2) is 4.39 Å². The summed E-state index contributed by atoms with van der Waals surface area (Å²) in [5, 5.41) is 3.53. The smallest absolute Gasteiger partial charge is 0.128 e. The summed E-state index contributed by atoms with van der Waals surface area (Å²) in [5.41, 5.74) is 2.82. The van der Waals surface area contributed by atoms with Crippen LogP contribution in [0.1, 0.15) is 76.0 Å². The molecule has 0 nitrogen and oxygen atoms in total. The minimum atomic E-state index is -0.215. The minimum Gasteiger partial charge on any atom is -0.207 e. The predicted octanol–water partition coefficient (Wildman–Crippen LogP) is 12.5. The average Bonchev–Trinajstić information content (AvgIpc) is 2.73. The molecule has 0 saturated carbocycles. The van der Waals surface area contributed by atoms with E-state index in [9.17, 15) is 4.39 Å². The molecule has 0 radical (unpaired) electrons. The van der Waals surface area contributed by atoms with Crippen molar-refractivity contribution in [3.8, 4) is 0 Å². The molecule has 186 valence electrons. The van der Waals surface area contributed by atoms with Crippen LogP contribution in [0.4, 0.5) is 4.39 Å². The Labute approximate surface area is 233 Å². The molecule has 0 saturated heterocycles. The van der Waals surface area contributed by atoms with Gasteiger partial charge in [0.15, 0.2) is 0 Å². The molecule has 0 aromatic heterocycles. The molecular formula is C27H29Cl6F. The Hall–Kier alpha value is -0.670. The minimum absolute atomic E-state index is 0.215. The number of rotatable bonds is 3. The molecule has 0 unspecified atom stereocenters. The van der Waals surface area contributed by atoms with Gasteiger partial charge in [-0.05, 0) is 64.8 Å². The van der Waals surface area contributed by atoms with Crippen LogP contribution in [0.15, 0.2) is 48.5 Å². The highest BCUT2D eigenvalue weighted by atomic mass is 35.5. The Morgan fingerprint density at radius 1 is 0.529 bits per heavy atom. The van der Waals surface area contributed by atoms with Gasteiger partial charge in [-0.1, -0.05) is 129 Å². The summed E-state index contributed by atoms with van der Waals surface area (Å²) in [4.78, 5) is 0. The molecule has 0 aliphatic rings. The lowest BCUT2D eigenvalue weighted by atomic mass is 10.0. The van der Waals surface area contributed by atoms with Crippen molar-refractivity contribution in [2.24, 2.45) is 0 Å². The van der Waals surface area contributed by atoms with Crippen LogP contribution in [-0.4, -0.2) is 0 Å². The van der Waals surface area contributed by atoms with Gasteiger partial charge in [0, 0.05) is 10.0 Å². The van der Waals surface area contributed by atoms with Crippen LogP contribution in [0.25, 0.3) is 0 Å². The summed E-state index contributed by atoms with van der Waals surface area (Å²) in [6, 6.07) is 14.0. The third kappa shape index (κ3) is 9.76. The van der Waals surface area contributed by atoms with Crippen molar-refractivity contribution in [3.63, 3.8) is 0 Å². The van der Waals surface area contributed by atoms with Crippen molar-refractivity contribution in [3.05, 3.63) is 101 Å². The van der Waals surface area contributed by atoms with Crippen LogP contribution < -0.4 is 0 Å². The molecule has 0 heterocycles. The van der Waals surface area contributed by atoms with Crippen molar-refractivity contribution >= 4 is 69.6 Å². The maximum atomic E-state index is 13.0. The third-order valence-electron chi connectivity index (χ3n) is 4.83. The van der Waals surface area contributed by atoms with Gasteiger partial charge in [0.05, 0.1) is 20.1 Å². The van der Waals surface area contributed by atoms with Crippen molar-refractivity contribution < 1.29 is 4.39 Å². The molecule has 0 aliphatic heterocycles. The fraction of sp³-hybridized carbons (Fsp3) is 0.333. The second-order valence-electron chi connectivity index (χ2n) is 8.56. The Kier molecular flexibility index (Phi) is 13.6. The molecular weight excluding hydrogens is 556 g/mol. The van der Waals surface area contributed by atoms with Crippen LogP contribution >= 0.6 is 69.6 Å². The third-order valence-corrected chi connectivity index (χ3v) is 6.93. The summed E-state index contributed by atoms with van der Waals surface area (Å²) < 4.78 is 13.0. The van der Waals surface area contributed by atoms with Gasteiger partial charge in [-0.2, -0.15) is 0 Å². The van der Waals surface area contributed by atoms with Gasteiger partial charge >= 0.3 is 0 Å². The summed E-state index contributed by atoms with van der Waals surface area (Å²) in [6.45, 7) is 12.2. The Bertz CT molecular complexity index is 1080. The molecule has 0 aliphatic carbocycles. The first kappa shape index (κ1) is 31.4. The fourth-order valence-corrected chi connectivity index (χ4v) is 4.45. The topological polar surface area (TPSA) is 0 Å². The van der Waals surface area contributed by atoms with Crippen molar-refractivity contribution in [1.29, 1.82) is 0 Å². The second-order valence-corrected chi connectivity index (χ2v) is 11.0. The van der Waals surface area contributed by atoms with Crippen LogP contribution in [-0.2, 0) is 0 Å². The second kappa shape index (κ2) is 14.8. The quantitative estimate of drug-likeness (QED) is 0.268. The molecule has 3 aromatic carbocycles. The first-order valence-corrected chi connectivity index (χ1v) is 13.1. The van der Waals surface area contributed by atoms with Gasteiger partial charge in [0.25, 0.3) is 0 Å². The van der Waals surface area contributed by atoms with Crippen molar-refractivity contribution in [2.75, 3.05) is 0 Å². The molecule has 3 rings (SSSR count). The van der Waals surface area contributed by atoms with E-state index in [-0.39, 0.29) is 11.7 Å². The molecule has 7 heteroatoms. The van der Waals surface area contributed by atoms with E-state index in [0.717, 1.165) is 16.7 Å². The highest BCUT2D eigenvalue weighted by Crippen LogP contribution is 2.34. The average molecular weight is 585 g/mol. The maximum absolute atomic E-state index is 13.0. The molecule has 34 heavy (non-hydrogen) atoms. The Morgan fingerprint density at radius 3 is 1.53 bits per heavy atom. The van der Waals surface area contributed by atoms with E-state index < -0.39 is 0 Å². The van der Waals surface area contributed by atoms with E-state index in [4.69, 9.17) is 69.6 Å². The predicted molar refractivity (Wildman–Crippen MR) is 152 cm³/mol. The SMILES string of the molecule is CC(C)c1cc(Cl)cc(Cl)c1Cl.CC(C)c1ccc(Cl)cc1F.CC(C)c1cccc(Cl)c1Cl. The Balaban J connectivity index is 0.000000255. The largest absolute Gasteiger partial charge is 0.207 e. The monoisotopic (exact) mass is 582 g/mol. The number of halogens is 7. The summed E-state index contributed by atoms with van der Waals surface area (Å²) >= 11 is 35.0. The summed E-state index contributed by atoms with van der Waals surface area (Å²) in [6.07, 6.45) is 0. The molecule has 0 N–H and O–H groups in total. The van der Waals surface area contributed by atoms with Gasteiger partial charge in [-0.15, -0.1) is 0 Å². The molecule has 3 aromatic rings. The number of hydrogen-bond donors (Lipinski definition) is 0. The van der Waals surface area contributed by atoms with E-state index in [1.807, 2.05) is 45.9 Å². The lowest BCUT2D eigenvalue weighted by Crippen LogP contribution is -1.91. The highest BCUT2D eigenvalue weighted by Gasteiger charge is 2.10. The standard InChI is InChI=1S/C9H9Cl3.C9H10Cl2.C9H10ClF/c1-5(2)7-3-6(10)4-8(11)9(7)12;1-6(2)7-4-3-5-8(10)9(7)11;1-6(2)8-4-3-7(10)5-9(8)11/h3-5H,1-2H3;2*3-6H,1-2H3.